The molecule has 0 spiro atoms. The minimum atomic E-state index is -0.177. The highest BCUT2D eigenvalue weighted by molar-refractivity contribution is 9.13. The van der Waals surface area contributed by atoms with E-state index in [4.69, 9.17) is 11.6 Å². The van der Waals surface area contributed by atoms with Crippen LogP contribution < -0.4 is 0 Å². The number of hydrogen-bond donors (Lipinski definition) is 0. The average molecular weight is 290 g/mol. The minimum Gasteiger partial charge on any atom is -0.106 e. The monoisotopic (exact) mass is 288 g/mol. The lowest BCUT2D eigenvalue weighted by molar-refractivity contribution is 0.692. The molecule has 2 atom stereocenters. The van der Waals surface area contributed by atoms with Crippen LogP contribution in [0.5, 0.6) is 0 Å². The van der Waals surface area contributed by atoms with Gasteiger partial charge in [-0.05, 0) is 12.8 Å². The highest BCUT2D eigenvalue weighted by Crippen LogP contribution is 2.42. The van der Waals surface area contributed by atoms with Gasteiger partial charge in [-0.2, -0.15) is 0 Å². The van der Waals surface area contributed by atoms with Crippen molar-refractivity contribution in [2.24, 2.45) is 0 Å². The van der Waals surface area contributed by atoms with E-state index in [0.29, 0.717) is 4.83 Å². The predicted molar refractivity (Wildman–Crippen MR) is 53.3 cm³/mol. The summed E-state index contributed by atoms with van der Waals surface area (Å²) in [6.07, 6.45) is 6.13. The van der Waals surface area contributed by atoms with Crippen molar-refractivity contribution in [2.75, 3.05) is 0 Å². The molecule has 1 aliphatic rings. The quantitative estimate of drug-likeness (QED) is 0.466. The molecule has 0 aromatic rings. The zero-order valence-corrected chi connectivity index (χ0v) is 9.67. The Bertz CT molecular complexity index is 114. The van der Waals surface area contributed by atoms with Crippen molar-refractivity contribution in [3.05, 3.63) is 0 Å². The van der Waals surface area contributed by atoms with Gasteiger partial charge in [0.05, 0.1) is 0 Å². The summed E-state index contributed by atoms with van der Waals surface area (Å²) in [6, 6.07) is 0. The molecule has 0 amide bonds. The van der Waals surface area contributed by atoms with Crippen molar-refractivity contribution in [2.45, 2.75) is 40.7 Å². The van der Waals surface area contributed by atoms with Gasteiger partial charge in [0, 0.05) is 4.83 Å². The topological polar surface area (TPSA) is 0 Å². The highest BCUT2D eigenvalue weighted by Gasteiger charge is 2.32. The van der Waals surface area contributed by atoms with Gasteiger partial charge < -0.3 is 0 Å². The van der Waals surface area contributed by atoms with Crippen LogP contribution in [0.15, 0.2) is 0 Å². The number of halogens is 3. The van der Waals surface area contributed by atoms with Crippen LogP contribution in [0.4, 0.5) is 0 Å². The van der Waals surface area contributed by atoms with Crippen molar-refractivity contribution in [3.63, 3.8) is 0 Å². The predicted octanol–water partition coefficient (Wildman–Crippen LogP) is 4.04. The molecule has 10 heavy (non-hydrogen) atoms. The third-order valence-electron chi connectivity index (χ3n) is 1.93. The molecule has 1 aliphatic carbocycles. The average Bonchev–Trinajstić information content (AvgIpc) is 1.96. The molecule has 3 heteroatoms. The maximum Gasteiger partial charge on any atom is 0.112 e. The standard InChI is InChI=1S/C7H11Br2Cl/c8-6-4-2-1-3-5-7(6,9)10/h6H,1-5H2. The minimum absolute atomic E-state index is 0.177. The molecule has 1 rings (SSSR count). The second-order valence-electron chi connectivity index (χ2n) is 2.83. The normalized spacial score (nSPS) is 42.9. The SMILES string of the molecule is ClC1(Br)CCCCCC1Br. The molecule has 0 heterocycles. The van der Waals surface area contributed by atoms with E-state index in [1.165, 1.54) is 25.7 Å². The molecule has 0 aromatic heterocycles. The van der Waals surface area contributed by atoms with E-state index in [9.17, 15) is 0 Å². The molecular formula is C7H11Br2Cl. The Balaban J connectivity index is 2.52. The largest absolute Gasteiger partial charge is 0.112 e. The summed E-state index contributed by atoms with van der Waals surface area (Å²) in [5.74, 6) is 0. The van der Waals surface area contributed by atoms with E-state index in [2.05, 4.69) is 31.9 Å². The molecule has 1 fully saturated rings. The molecule has 0 nitrogen and oxygen atoms in total. The van der Waals surface area contributed by atoms with Crippen molar-refractivity contribution in [1.29, 1.82) is 0 Å². The fourth-order valence-electron chi connectivity index (χ4n) is 1.23. The van der Waals surface area contributed by atoms with Gasteiger partial charge in [-0.15, -0.1) is 11.6 Å². The molecule has 0 radical (unpaired) electrons. The maximum atomic E-state index is 6.20. The molecule has 2 unspecified atom stereocenters. The van der Waals surface area contributed by atoms with Gasteiger partial charge >= 0.3 is 0 Å². The summed E-state index contributed by atoms with van der Waals surface area (Å²) >= 11 is 13.3. The zero-order chi connectivity index (χ0) is 7.61. The second kappa shape index (κ2) is 3.77. The van der Waals surface area contributed by atoms with Gasteiger partial charge in [-0.1, -0.05) is 51.1 Å². The second-order valence-corrected chi connectivity index (χ2v) is 6.48. The van der Waals surface area contributed by atoms with Crippen LogP contribution in [0, 0.1) is 0 Å². The smallest absolute Gasteiger partial charge is 0.106 e. The summed E-state index contributed by atoms with van der Waals surface area (Å²) < 4.78 is -0.177. The van der Waals surface area contributed by atoms with Crippen molar-refractivity contribution in [3.8, 4) is 0 Å². The van der Waals surface area contributed by atoms with Crippen LogP contribution in [0.1, 0.15) is 32.1 Å². The summed E-state index contributed by atoms with van der Waals surface area (Å²) in [5, 5.41) is 0. The fourth-order valence-corrected chi connectivity index (χ4v) is 2.53. The molecular weight excluding hydrogens is 279 g/mol. The Morgan fingerprint density at radius 1 is 1.30 bits per heavy atom. The van der Waals surface area contributed by atoms with E-state index in [1.54, 1.807) is 0 Å². The van der Waals surface area contributed by atoms with Crippen LogP contribution >= 0.6 is 43.5 Å². The first-order valence-corrected chi connectivity index (χ1v) is 5.73. The van der Waals surface area contributed by atoms with Crippen molar-refractivity contribution < 1.29 is 0 Å². The van der Waals surface area contributed by atoms with Crippen LogP contribution in [-0.4, -0.2) is 8.61 Å². The van der Waals surface area contributed by atoms with Gasteiger partial charge in [0.2, 0.25) is 0 Å². The molecule has 0 aromatic carbocycles. The Kier molecular flexibility index (Phi) is 3.52. The van der Waals surface area contributed by atoms with E-state index >= 15 is 0 Å². The Hall–Kier alpha value is 1.25. The highest BCUT2D eigenvalue weighted by atomic mass is 79.9. The van der Waals surface area contributed by atoms with E-state index < -0.39 is 0 Å². The van der Waals surface area contributed by atoms with Crippen LogP contribution in [0.25, 0.3) is 0 Å². The van der Waals surface area contributed by atoms with Crippen molar-refractivity contribution in [1.82, 2.24) is 0 Å². The van der Waals surface area contributed by atoms with Crippen LogP contribution in [0.3, 0.4) is 0 Å². The lowest BCUT2D eigenvalue weighted by Crippen LogP contribution is -2.23. The summed E-state index contributed by atoms with van der Waals surface area (Å²) in [5.41, 5.74) is 0. The number of hydrogen-bond acceptors (Lipinski definition) is 0. The third kappa shape index (κ3) is 2.38. The molecule has 60 valence electrons. The number of alkyl halides is 3. The van der Waals surface area contributed by atoms with E-state index in [1.807, 2.05) is 0 Å². The lowest BCUT2D eigenvalue weighted by atomic mass is 10.2. The first kappa shape index (κ1) is 9.34. The molecule has 0 aliphatic heterocycles. The fraction of sp³-hybridized carbons (Fsp3) is 1.00. The Morgan fingerprint density at radius 2 is 2.00 bits per heavy atom. The Morgan fingerprint density at radius 3 is 2.70 bits per heavy atom. The van der Waals surface area contributed by atoms with Crippen LogP contribution in [-0.2, 0) is 0 Å². The summed E-state index contributed by atoms with van der Waals surface area (Å²) in [6.45, 7) is 0. The van der Waals surface area contributed by atoms with Crippen molar-refractivity contribution >= 4 is 43.5 Å². The third-order valence-corrected chi connectivity index (χ3v) is 5.44. The first-order chi connectivity index (χ1) is 4.63. The number of rotatable bonds is 0. The lowest BCUT2D eigenvalue weighted by Gasteiger charge is -2.22. The van der Waals surface area contributed by atoms with Crippen LogP contribution in [0.2, 0.25) is 0 Å². The molecule has 0 bridgehead atoms. The van der Waals surface area contributed by atoms with Gasteiger partial charge in [-0.3, -0.25) is 0 Å². The maximum absolute atomic E-state index is 6.20. The Labute approximate surface area is 84.0 Å². The first-order valence-electron chi connectivity index (χ1n) is 3.65. The zero-order valence-electron chi connectivity index (χ0n) is 5.75. The molecule has 1 saturated carbocycles. The van der Waals surface area contributed by atoms with Gasteiger partial charge in [0.25, 0.3) is 0 Å². The molecule has 0 N–H and O–H groups in total. The van der Waals surface area contributed by atoms with Gasteiger partial charge in [0.1, 0.15) is 3.78 Å². The summed E-state index contributed by atoms with van der Waals surface area (Å²) in [4.78, 5) is 0.434. The van der Waals surface area contributed by atoms with E-state index in [0.717, 1.165) is 6.42 Å². The molecule has 0 saturated heterocycles. The van der Waals surface area contributed by atoms with E-state index in [-0.39, 0.29) is 3.78 Å². The van der Waals surface area contributed by atoms with Gasteiger partial charge in [0.15, 0.2) is 0 Å². The summed E-state index contributed by atoms with van der Waals surface area (Å²) in [7, 11) is 0. The van der Waals surface area contributed by atoms with Gasteiger partial charge in [-0.25, -0.2) is 0 Å².